The van der Waals surface area contributed by atoms with Gasteiger partial charge in [0.25, 0.3) is 10.9 Å². The monoisotopic (exact) mass is 269 g/mol. The van der Waals surface area contributed by atoms with Crippen molar-refractivity contribution in [2.24, 2.45) is 0 Å². The Morgan fingerprint density at radius 3 is 2.41 bits per heavy atom. The highest BCUT2D eigenvalue weighted by Gasteiger charge is 2.33. The van der Waals surface area contributed by atoms with Gasteiger partial charge in [0.05, 0.1) is 10.5 Å². The molecule has 0 spiro atoms. The molecule has 92 valence electrons. The maximum atomic E-state index is 11.9. The van der Waals surface area contributed by atoms with Crippen molar-refractivity contribution in [2.45, 2.75) is 6.36 Å². The van der Waals surface area contributed by atoms with E-state index in [-0.39, 0.29) is 0 Å². The molecule has 9 heteroatoms. The second-order valence-electron chi connectivity index (χ2n) is 2.76. The number of carbonyl (C=O) groups is 1. The summed E-state index contributed by atoms with van der Waals surface area (Å²) in [5.41, 5.74) is -1.29. The molecule has 0 saturated heterocycles. The van der Waals surface area contributed by atoms with Crippen LogP contribution in [0.5, 0.6) is 5.75 Å². The molecule has 0 bridgehead atoms. The van der Waals surface area contributed by atoms with E-state index in [9.17, 15) is 28.1 Å². The summed E-state index contributed by atoms with van der Waals surface area (Å²) < 4.78 is 39.3. The zero-order valence-electron chi connectivity index (χ0n) is 7.82. The van der Waals surface area contributed by atoms with Crippen LogP contribution in [0.2, 0.25) is 0 Å². The summed E-state index contributed by atoms with van der Waals surface area (Å²) in [5, 5.41) is 9.08. The Morgan fingerprint density at radius 1 is 1.41 bits per heavy atom. The number of carbonyl (C=O) groups excluding carboxylic acids is 1. The fourth-order valence-corrected chi connectivity index (χ4v) is 1.15. The van der Waals surface area contributed by atoms with E-state index in [4.69, 9.17) is 11.6 Å². The number of ether oxygens (including phenoxy) is 1. The first kappa shape index (κ1) is 13.2. The normalized spacial score (nSPS) is 11.1. The van der Waals surface area contributed by atoms with E-state index in [1.165, 1.54) is 0 Å². The predicted octanol–water partition coefficient (Wildman–Crippen LogP) is 2.87. The summed E-state index contributed by atoms with van der Waals surface area (Å²) >= 11 is 5.00. The second kappa shape index (κ2) is 4.58. The van der Waals surface area contributed by atoms with Crippen LogP contribution in [0.3, 0.4) is 0 Å². The standard InChI is InChI=1S/C8H3ClF3NO4/c9-7(14)5-3-4(13(15)16)1-2-6(5)17-8(10,11)12/h1-3H. The third-order valence-electron chi connectivity index (χ3n) is 1.61. The number of hydrogen-bond donors (Lipinski definition) is 0. The van der Waals surface area contributed by atoms with Gasteiger partial charge in [-0.05, 0) is 17.7 Å². The van der Waals surface area contributed by atoms with Crippen molar-refractivity contribution in [1.29, 1.82) is 0 Å². The summed E-state index contributed by atoms with van der Waals surface area (Å²) in [5.74, 6) is -0.886. The quantitative estimate of drug-likeness (QED) is 0.480. The van der Waals surface area contributed by atoms with Gasteiger partial charge in [-0.2, -0.15) is 0 Å². The average Bonchev–Trinajstić information content (AvgIpc) is 2.14. The van der Waals surface area contributed by atoms with Gasteiger partial charge in [0.15, 0.2) is 0 Å². The van der Waals surface area contributed by atoms with E-state index >= 15 is 0 Å². The number of halogens is 4. The van der Waals surface area contributed by atoms with Gasteiger partial charge in [-0.3, -0.25) is 14.9 Å². The number of benzene rings is 1. The van der Waals surface area contributed by atoms with E-state index in [0.717, 1.165) is 6.07 Å². The van der Waals surface area contributed by atoms with Crippen LogP contribution in [-0.2, 0) is 0 Å². The van der Waals surface area contributed by atoms with Crippen LogP contribution in [0.25, 0.3) is 0 Å². The lowest BCUT2D eigenvalue weighted by molar-refractivity contribution is -0.385. The summed E-state index contributed by atoms with van der Waals surface area (Å²) in [7, 11) is 0. The molecule has 0 saturated carbocycles. The zero-order chi connectivity index (χ0) is 13.2. The largest absolute Gasteiger partial charge is 0.573 e. The highest BCUT2D eigenvalue weighted by Crippen LogP contribution is 2.30. The number of rotatable bonds is 3. The van der Waals surface area contributed by atoms with Crippen LogP contribution in [0, 0.1) is 10.1 Å². The fourth-order valence-electron chi connectivity index (χ4n) is 0.999. The van der Waals surface area contributed by atoms with E-state index in [1.54, 1.807) is 0 Å². The lowest BCUT2D eigenvalue weighted by Crippen LogP contribution is -2.18. The third-order valence-corrected chi connectivity index (χ3v) is 1.82. The van der Waals surface area contributed by atoms with Gasteiger partial charge in [0.2, 0.25) is 0 Å². The van der Waals surface area contributed by atoms with Gasteiger partial charge in [0, 0.05) is 12.1 Å². The van der Waals surface area contributed by atoms with Crippen molar-refractivity contribution >= 4 is 22.5 Å². The van der Waals surface area contributed by atoms with Gasteiger partial charge in [-0.15, -0.1) is 13.2 Å². The number of hydrogen-bond acceptors (Lipinski definition) is 4. The highest BCUT2D eigenvalue weighted by molar-refractivity contribution is 6.68. The van der Waals surface area contributed by atoms with Gasteiger partial charge in [0.1, 0.15) is 5.75 Å². The number of alkyl halides is 3. The maximum Gasteiger partial charge on any atom is 0.573 e. The van der Waals surface area contributed by atoms with Crippen LogP contribution in [0.4, 0.5) is 18.9 Å². The first-order chi connectivity index (χ1) is 7.70. The topological polar surface area (TPSA) is 69.4 Å². The Morgan fingerprint density at radius 2 is 2.00 bits per heavy atom. The molecule has 0 N–H and O–H groups in total. The molecule has 1 aromatic carbocycles. The van der Waals surface area contributed by atoms with Crippen LogP contribution in [0.15, 0.2) is 18.2 Å². The average molecular weight is 270 g/mol. The van der Waals surface area contributed by atoms with Gasteiger partial charge in [-0.1, -0.05) is 0 Å². The summed E-state index contributed by atoms with van der Waals surface area (Å²) in [6, 6.07) is 2.03. The van der Waals surface area contributed by atoms with Crippen molar-refractivity contribution in [3.63, 3.8) is 0 Å². The summed E-state index contributed by atoms with van der Waals surface area (Å²) in [6.07, 6.45) is -5.02. The van der Waals surface area contributed by atoms with Gasteiger partial charge >= 0.3 is 6.36 Å². The first-order valence-electron chi connectivity index (χ1n) is 3.95. The maximum absolute atomic E-state index is 11.9. The molecule has 0 fully saturated rings. The Labute approximate surface area is 96.9 Å². The molecule has 17 heavy (non-hydrogen) atoms. The minimum Gasteiger partial charge on any atom is -0.405 e. The molecular weight excluding hydrogens is 267 g/mol. The molecule has 0 radical (unpaired) electrons. The lowest BCUT2D eigenvalue weighted by atomic mass is 10.2. The molecule has 0 amide bonds. The summed E-state index contributed by atoms with van der Waals surface area (Å²) in [4.78, 5) is 20.3. The molecule has 0 aliphatic heterocycles. The lowest BCUT2D eigenvalue weighted by Gasteiger charge is -2.10. The van der Waals surface area contributed by atoms with Gasteiger partial charge in [-0.25, -0.2) is 0 Å². The van der Waals surface area contributed by atoms with Crippen LogP contribution in [0.1, 0.15) is 10.4 Å². The Balaban J connectivity index is 3.23. The molecular formula is C8H3ClF3NO4. The van der Waals surface area contributed by atoms with Crippen molar-refractivity contribution in [1.82, 2.24) is 0 Å². The Kier molecular flexibility index (Phi) is 3.56. The molecule has 1 aromatic rings. The van der Waals surface area contributed by atoms with E-state index < -0.39 is 33.5 Å². The molecule has 1 rings (SSSR count). The van der Waals surface area contributed by atoms with Crippen molar-refractivity contribution < 1.29 is 27.6 Å². The third kappa shape index (κ3) is 3.59. The zero-order valence-corrected chi connectivity index (χ0v) is 8.58. The van der Waals surface area contributed by atoms with Crippen molar-refractivity contribution in [3.05, 3.63) is 33.9 Å². The molecule has 0 heterocycles. The van der Waals surface area contributed by atoms with Crippen molar-refractivity contribution in [2.75, 3.05) is 0 Å². The predicted molar refractivity (Wildman–Crippen MR) is 50.0 cm³/mol. The van der Waals surface area contributed by atoms with Crippen LogP contribution >= 0.6 is 11.6 Å². The molecule has 0 aliphatic rings. The number of nitro benzene ring substituents is 1. The van der Waals surface area contributed by atoms with E-state index in [2.05, 4.69) is 4.74 Å². The fraction of sp³-hybridized carbons (Fsp3) is 0.125. The van der Waals surface area contributed by atoms with E-state index in [0.29, 0.717) is 12.1 Å². The number of non-ortho nitro benzene ring substituents is 1. The van der Waals surface area contributed by atoms with E-state index in [1.807, 2.05) is 0 Å². The van der Waals surface area contributed by atoms with Crippen molar-refractivity contribution in [3.8, 4) is 5.75 Å². The minimum atomic E-state index is -5.02. The SMILES string of the molecule is O=C(Cl)c1cc([N+](=O)[O-])ccc1OC(F)(F)F. The number of nitrogens with zero attached hydrogens (tertiary/aromatic N) is 1. The highest BCUT2D eigenvalue weighted by atomic mass is 35.5. The second-order valence-corrected chi connectivity index (χ2v) is 3.10. The summed E-state index contributed by atoms with van der Waals surface area (Å²) in [6.45, 7) is 0. The number of nitro groups is 1. The molecule has 0 unspecified atom stereocenters. The van der Waals surface area contributed by atoms with Crippen LogP contribution in [-0.4, -0.2) is 16.5 Å². The molecule has 0 aliphatic carbocycles. The van der Waals surface area contributed by atoms with Crippen LogP contribution < -0.4 is 4.74 Å². The van der Waals surface area contributed by atoms with Gasteiger partial charge < -0.3 is 4.74 Å². The smallest absolute Gasteiger partial charge is 0.405 e. The Bertz CT molecular complexity index is 474. The first-order valence-corrected chi connectivity index (χ1v) is 4.32. The molecule has 5 nitrogen and oxygen atoms in total. The Hall–Kier alpha value is -1.83. The minimum absolute atomic E-state index is 0.566. The molecule has 0 aromatic heterocycles. The molecule has 0 atom stereocenters.